The molecule has 3 N–H and O–H groups in total. The second-order valence-corrected chi connectivity index (χ2v) is 8.38. The Labute approximate surface area is 194 Å². The summed E-state index contributed by atoms with van der Waals surface area (Å²) in [6.07, 6.45) is -4.76. The van der Waals surface area contributed by atoms with Crippen molar-refractivity contribution >= 4 is 0 Å². The zero-order valence-electron chi connectivity index (χ0n) is 18.4. The van der Waals surface area contributed by atoms with E-state index in [4.69, 9.17) is 14.2 Å². The van der Waals surface area contributed by atoms with Gasteiger partial charge in [-0.1, -0.05) is 91.0 Å². The molecule has 0 aromatic heterocycles. The number of aliphatic hydroxyl groups is 3. The highest BCUT2D eigenvalue weighted by Crippen LogP contribution is 2.37. The molecule has 1 saturated carbocycles. The Morgan fingerprint density at radius 3 is 1.61 bits per heavy atom. The van der Waals surface area contributed by atoms with E-state index in [2.05, 4.69) is 0 Å². The lowest BCUT2D eigenvalue weighted by molar-refractivity contribution is -0.188. The maximum Gasteiger partial charge on any atom is 0.145 e. The van der Waals surface area contributed by atoms with Crippen molar-refractivity contribution in [1.29, 1.82) is 0 Å². The van der Waals surface area contributed by atoms with Crippen molar-refractivity contribution in [2.24, 2.45) is 0 Å². The third-order valence-electron chi connectivity index (χ3n) is 5.97. The lowest BCUT2D eigenvalue weighted by Crippen LogP contribution is -2.53. The van der Waals surface area contributed by atoms with Gasteiger partial charge in [0.25, 0.3) is 0 Å². The van der Waals surface area contributed by atoms with Gasteiger partial charge in [-0.2, -0.15) is 0 Å². The van der Waals surface area contributed by atoms with Crippen LogP contribution in [0.25, 0.3) is 0 Å². The van der Waals surface area contributed by atoms with Crippen LogP contribution in [0.3, 0.4) is 0 Å². The minimum absolute atomic E-state index is 0.192. The van der Waals surface area contributed by atoms with Crippen molar-refractivity contribution in [2.75, 3.05) is 6.61 Å². The maximum absolute atomic E-state index is 11.5. The van der Waals surface area contributed by atoms with E-state index in [-0.39, 0.29) is 26.4 Å². The predicted octanol–water partition coefficient (Wildman–Crippen LogP) is 2.84. The molecule has 174 valence electrons. The van der Waals surface area contributed by atoms with E-state index in [9.17, 15) is 15.3 Å². The van der Waals surface area contributed by atoms with Gasteiger partial charge in [0.2, 0.25) is 0 Å². The summed E-state index contributed by atoms with van der Waals surface area (Å²) < 4.78 is 17.8. The Kier molecular flexibility index (Phi) is 7.88. The van der Waals surface area contributed by atoms with Gasteiger partial charge in [-0.25, -0.2) is 0 Å². The van der Waals surface area contributed by atoms with E-state index in [0.29, 0.717) is 0 Å². The van der Waals surface area contributed by atoms with Crippen molar-refractivity contribution in [2.45, 2.75) is 49.8 Å². The quantitative estimate of drug-likeness (QED) is 0.440. The molecule has 4 rings (SSSR count). The molecule has 3 aromatic carbocycles. The summed E-state index contributed by atoms with van der Waals surface area (Å²) in [6, 6.07) is 28.6. The van der Waals surface area contributed by atoms with E-state index >= 15 is 0 Å². The number of aliphatic hydroxyl groups excluding tert-OH is 2. The molecule has 0 saturated heterocycles. The van der Waals surface area contributed by atoms with E-state index in [0.717, 1.165) is 16.7 Å². The predicted molar refractivity (Wildman–Crippen MR) is 123 cm³/mol. The van der Waals surface area contributed by atoms with Crippen molar-refractivity contribution in [3.63, 3.8) is 0 Å². The van der Waals surface area contributed by atoms with Crippen LogP contribution in [0.2, 0.25) is 0 Å². The monoisotopic (exact) mass is 450 g/mol. The van der Waals surface area contributed by atoms with Gasteiger partial charge in [-0.3, -0.25) is 0 Å². The number of hydrogen-bond donors (Lipinski definition) is 3. The van der Waals surface area contributed by atoms with E-state index < -0.39 is 30.0 Å². The molecule has 0 amide bonds. The van der Waals surface area contributed by atoms with Gasteiger partial charge in [-0.15, -0.1) is 0 Å². The fraction of sp³-hybridized carbons (Fsp3) is 0.333. The normalized spacial score (nSPS) is 27.0. The fourth-order valence-corrected chi connectivity index (χ4v) is 4.13. The summed E-state index contributed by atoms with van der Waals surface area (Å²) >= 11 is 0. The SMILES string of the molecule is O[C@@H]1[C@@H](OCc2ccccc2)[C@H](OCc2ccccc2)[C@@](O)(COCc2ccccc2)[C@@H]1O. The number of rotatable bonds is 10. The number of hydrogen-bond acceptors (Lipinski definition) is 6. The van der Waals surface area contributed by atoms with Gasteiger partial charge in [0.15, 0.2) is 0 Å². The Balaban J connectivity index is 1.49. The fourth-order valence-electron chi connectivity index (χ4n) is 4.13. The highest BCUT2D eigenvalue weighted by atomic mass is 16.6. The number of ether oxygens (including phenoxy) is 3. The second-order valence-electron chi connectivity index (χ2n) is 8.38. The minimum atomic E-state index is -1.84. The molecule has 6 heteroatoms. The first-order valence-corrected chi connectivity index (χ1v) is 11.1. The summed E-state index contributed by atoms with van der Waals surface area (Å²) in [4.78, 5) is 0. The summed E-state index contributed by atoms with van der Waals surface area (Å²) in [7, 11) is 0. The van der Waals surface area contributed by atoms with Gasteiger partial charge >= 0.3 is 0 Å². The first-order valence-electron chi connectivity index (χ1n) is 11.1. The zero-order valence-corrected chi connectivity index (χ0v) is 18.4. The topological polar surface area (TPSA) is 88.4 Å². The molecule has 1 aliphatic rings. The van der Waals surface area contributed by atoms with Gasteiger partial charge < -0.3 is 29.5 Å². The van der Waals surface area contributed by atoms with Crippen molar-refractivity contribution in [1.82, 2.24) is 0 Å². The van der Waals surface area contributed by atoms with Gasteiger partial charge in [-0.05, 0) is 16.7 Å². The molecule has 0 spiro atoms. The van der Waals surface area contributed by atoms with Crippen molar-refractivity contribution in [3.8, 4) is 0 Å². The first kappa shape index (κ1) is 23.6. The van der Waals surface area contributed by atoms with Gasteiger partial charge in [0.1, 0.15) is 30.0 Å². The molecule has 3 aromatic rings. The second kappa shape index (κ2) is 11.0. The van der Waals surface area contributed by atoms with Crippen LogP contribution in [0, 0.1) is 0 Å². The molecule has 0 aliphatic heterocycles. The van der Waals surface area contributed by atoms with Crippen LogP contribution in [-0.4, -0.2) is 51.9 Å². The molecular weight excluding hydrogens is 420 g/mol. The van der Waals surface area contributed by atoms with Crippen LogP contribution >= 0.6 is 0 Å². The van der Waals surface area contributed by atoms with Crippen molar-refractivity contribution < 1.29 is 29.5 Å². The lowest BCUT2D eigenvalue weighted by atomic mass is 9.98. The maximum atomic E-state index is 11.5. The Morgan fingerprint density at radius 1 is 0.636 bits per heavy atom. The molecular formula is C27H30O6. The highest BCUT2D eigenvalue weighted by Gasteiger charge is 2.61. The average Bonchev–Trinajstić information content (AvgIpc) is 3.03. The van der Waals surface area contributed by atoms with Crippen LogP contribution in [0.4, 0.5) is 0 Å². The van der Waals surface area contributed by atoms with Gasteiger partial charge in [0, 0.05) is 0 Å². The Morgan fingerprint density at radius 2 is 1.09 bits per heavy atom. The standard InChI is InChI=1S/C27H30O6/c28-23-24(32-17-21-12-6-2-7-13-21)26(33-18-22-14-8-3-9-15-22)27(30,25(23)29)19-31-16-20-10-4-1-5-11-20/h1-15,23-26,28-30H,16-19H2/t23-,24-,25-,26+,27-/m1/s1. The molecule has 0 radical (unpaired) electrons. The van der Waals surface area contributed by atoms with Crippen LogP contribution in [0.1, 0.15) is 16.7 Å². The molecule has 33 heavy (non-hydrogen) atoms. The van der Waals surface area contributed by atoms with Crippen LogP contribution in [-0.2, 0) is 34.0 Å². The van der Waals surface area contributed by atoms with E-state index in [1.54, 1.807) is 0 Å². The summed E-state index contributed by atoms with van der Waals surface area (Å²) in [6.45, 7) is 0.441. The van der Waals surface area contributed by atoms with Crippen LogP contribution < -0.4 is 0 Å². The molecule has 0 unspecified atom stereocenters. The average molecular weight is 451 g/mol. The highest BCUT2D eigenvalue weighted by molar-refractivity contribution is 5.17. The number of benzene rings is 3. The van der Waals surface area contributed by atoms with E-state index in [1.165, 1.54) is 0 Å². The van der Waals surface area contributed by atoms with Gasteiger partial charge in [0.05, 0.1) is 26.4 Å². The molecule has 6 nitrogen and oxygen atoms in total. The molecule has 1 aliphatic carbocycles. The molecule has 0 heterocycles. The Hall–Kier alpha value is -2.58. The smallest absolute Gasteiger partial charge is 0.145 e. The molecule has 1 fully saturated rings. The zero-order chi connectivity index (χ0) is 23.1. The summed E-state index contributed by atoms with van der Waals surface area (Å²) in [5.41, 5.74) is 0.914. The summed E-state index contributed by atoms with van der Waals surface area (Å²) in [5, 5.41) is 33.1. The Bertz CT molecular complexity index is 968. The third-order valence-corrected chi connectivity index (χ3v) is 5.97. The third kappa shape index (κ3) is 5.68. The minimum Gasteiger partial charge on any atom is -0.387 e. The van der Waals surface area contributed by atoms with Crippen LogP contribution in [0.15, 0.2) is 91.0 Å². The van der Waals surface area contributed by atoms with Crippen LogP contribution in [0.5, 0.6) is 0 Å². The van der Waals surface area contributed by atoms with E-state index in [1.807, 2.05) is 91.0 Å². The largest absolute Gasteiger partial charge is 0.387 e. The first-order chi connectivity index (χ1) is 16.1. The lowest BCUT2D eigenvalue weighted by Gasteiger charge is -2.33. The summed E-state index contributed by atoms with van der Waals surface area (Å²) in [5.74, 6) is 0. The molecule has 5 atom stereocenters. The molecule has 0 bridgehead atoms. The van der Waals surface area contributed by atoms with Crippen molar-refractivity contribution in [3.05, 3.63) is 108 Å².